The summed E-state index contributed by atoms with van der Waals surface area (Å²) >= 11 is 1.44. The van der Waals surface area contributed by atoms with Gasteiger partial charge >= 0.3 is 0 Å². The maximum Gasteiger partial charge on any atom is 0.151 e. The van der Waals surface area contributed by atoms with Crippen molar-refractivity contribution in [3.63, 3.8) is 0 Å². The average Bonchev–Trinajstić information content (AvgIpc) is 3.13. The van der Waals surface area contributed by atoms with Crippen molar-refractivity contribution in [2.24, 2.45) is 0 Å². The summed E-state index contributed by atoms with van der Waals surface area (Å²) in [6.45, 7) is 0.851. The van der Waals surface area contributed by atoms with Crippen LogP contribution in [-0.4, -0.2) is 22.6 Å². The van der Waals surface area contributed by atoms with Gasteiger partial charge in [-0.15, -0.1) is 0 Å². The van der Waals surface area contributed by atoms with Gasteiger partial charge in [0, 0.05) is 35.3 Å². The molecule has 0 aliphatic rings. The van der Waals surface area contributed by atoms with Crippen LogP contribution in [0.15, 0.2) is 66.7 Å². The smallest absolute Gasteiger partial charge is 0.151 e. The minimum atomic E-state index is -0.292. The number of aliphatic hydroxyl groups excluding tert-OH is 1. The molecule has 0 aliphatic carbocycles. The standard InChI is InChI=1S/C22H20FN3OS/c23-20-13-17(10-9-16(20)14-24-11-12-27)25-22-19-8-4-7-18(21(19)28-26-22)15-5-2-1-3-6-15/h1-10,13,24,27H,11-12,14H2,(H,25,26). The number of hydrogen-bond acceptors (Lipinski definition) is 5. The molecule has 28 heavy (non-hydrogen) atoms. The number of aromatic nitrogens is 1. The van der Waals surface area contributed by atoms with Gasteiger partial charge in [-0.3, -0.25) is 0 Å². The fourth-order valence-electron chi connectivity index (χ4n) is 3.10. The molecule has 1 heterocycles. The fraction of sp³-hybridized carbons (Fsp3) is 0.136. The molecule has 0 atom stereocenters. The molecule has 3 N–H and O–H groups in total. The molecule has 0 spiro atoms. The number of halogens is 1. The van der Waals surface area contributed by atoms with Crippen LogP contribution in [0.1, 0.15) is 5.56 Å². The molecule has 0 radical (unpaired) electrons. The molecule has 4 aromatic rings. The topological polar surface area (TPSA) is 57.2 Å². The lowest BCUT2D eigenvalue weighted by Gasteiger charge is -2.09. The molecular weight excluding hydrogens is 373 g/mol. The molecule has 0 aliphatic heterocycles. The first kappa shape index (κ1) is 18.6. The quantitative estimate of drug-likeness (QED) is 0.390. The van der Waals surface area contributed by atoms with Crippen LogP contribution >= 0.6 is 11.5 Å². The normalized spacial score (nSPS) is 11.1. The van der Waals surface area contributed by atoms with Gasteiger partial charge in [0.05, 0.1) is 11.3 Å². The van der Waals surface area contributed by atoms with Crippen LogP contribution in [0, 0.1) is 5.82 Å². The number of rotatable bonds is 7. The van der Waals surface area contributed by atoms with Crippen molar-refractivity contribution in [2.75, 3.05) is 18.5 Å². The van der Waals surface area contributed by atoms with Gasteiger partial charge in [-0.1, -0.05) is 48.5 Å². The van der Waals surface area contributed by atoms with E-state index in [2.05, 4.69) is 33.2 Å². The number of anilines is 2. The summed E-state index contributed by atoms with van der Waals surface area (Å²) in [5, 5.41) is 16.0. The van der Waals surface area contributed by atoms with Crippen molar-refractivity contribution in [1.82, 2.24) is 9.69 Å². The Morgan fingerprint density at radius 2 is 1.86 bits per heavy atom. The van der Waals surface area contributed by atoms with Crippen molar-refractivity contribution in [1.29, 1.82) is 0 Å². The molecule has 4 nitrogen and oxygen atoms in total. The highest BCUT2D eigenvalue weighted by Crippen LogP contribution is 2.36. The Kier molecular flexibility index (Phi) is 5.62. The van der Waals surface area contributed by atoms with Crippen LogP contribution in [0.4, 0.5) is 15.9 Å². The summed E-state index contributed by atoms with van der Waals surface area (Å²) in [5.41, 5.74) is 3.50. The first-order chi connectivity index (χ1) is 13.8. The number of hydrogen-bond donors (Lipinski definition) is 3. The van der Waals surface area contributed by atoms with Crippen LogP contribution in [0.3, 0.4) is 0 Å². The van der Waals surface area contributed by atoms with Crippen LogP contribution in [0.2, 0.25) is 0 Å². The van der Waals surface area contributed by atoms with Gasteiger partial charge in [0.1, 0.15) is 5.82 Å². The monoisotopic (exact) mass is 393 g/mol. The highest BCUT2D eigenvalue weighted by atomic mass is 32.1. The van der Waals surface area contributed by atoms with E-state index in [-0.39, 0.29) is 12.4 Å². The minimum Gasteiger partial charge on any atom is -0.395 e. The van der Waals surface area contributed by atoms with Crippen LogP contribution in [-0.2, 0) is 6.54 Å². The zero-order valence-corrected chi connectivity index (χ0v) is 16.0. The lowest BCUT2D eigenvalue weighted by molar-refractivity contribution is 0.291. The summed E-state index contributed by atoms with van der Waals surface area (Å²) in [6.07, 6.45) is 0. The zero-order chi connectivity index (χ0) is 19.3. The Morgan fingerprint density at radius 3 is 2.64 bits per heavy atom. The van der Waals surface area contributed by atoms with Gasteiger partial charge in [-0.25, -0.2) is 4.39 Å². The molecule has 142 valence electrons. The van der Waals surface area contributed by atoms with E-state index in [0.29, 0.717) is 24.3 Å². The largest absolute Gasteiger partial charge is 0.395 e. The molecule has 0 saturated heterocycles. The molecule has 3 aromatic carbocycles. The summed E-state index contributed by atoms with van der Waals surface area (Å²) < 4.78 is 20.0. The van der Waals surface area contributed by atoms with Gasteiger partial charge in [-0.05, 0) is 35.3 Å². The first-order valence-corrected chi connectivity index (χ1v) is 9.84. The van der Waals surface area contributed by atoms with Crippen LogP contribution in [0.25, 0.3) is 21.2 Å². The van der Waals surface area contributed by atoms with Crippen molar-refractivity contribution in [3.05, 3.63) is 78.1 Å². The van der Waals surface area contributed by atoms with E-state index < -0.39 is 0 Å². The summed E-state index contributed by atoms with van der Waals surface area (Å²) in [5.74, 6) is 0.434. The second-order valence-electron chi connectivity index (χ2n) is 6.41. The number of nitrogens with one attached hydrogen (secondary N) is 2. The van der Waals surface area contributed by atoms with Gasteiger partial charge in [0.15, 0.2) is 5.82 Å². The molecule has 0 amide bonds. The van der Waals surface area contributed by atoms with Gasteiger partial charge < -0.3 is 15.7 Å². The van der Waals surface area contributed by atoms with Crippen LogP contribution in [0.5, 0.6) is 0 Å². The minimum absolute atomic E-state index is 0.0309. The number of fused-ring (bicyclic) bond motifs is 1. The van der Waals surface area contributed by atoms with E-state index in [1.54, 1.807) is 6.07 Å². The SMILES string of the molecule is OCCNCc1ccc(Nc2nsc3c(-c4ccccc4)cccc23)cc1F. The van der Waals surface area contributed by atoms with Crippen molar-refractivity contribution < 1.29 is 9.50 Å². The highest BCUT2D eigenvalue weighted by Gasteiger charge is 2.12. The molecule has 0 saturated carbocycles. The van der Waals surface area contributed by atoms with E-state index in [9.17, 15) is 4.39 Å². The summed E-state index contributed by atoms with van der Waals surface area (Å²) in [7, 11) is 0. The Balaban J connectivity index is 1.60. The van der Waals surface area contributed by atoms with E-state index >= 15 is 0 Å². The van der Waals surface area contributed by atoms with E-state index in [4.69, 9.17) is 5.11 Å². The Hall–Kier alpha value is -2.80. The van der Waals surface area contributed by atoms with Crippen LogP contribution < -0.4 is 10.6 Å². The van der Waals surface area contributed by atoms with E-state index in [1.165, 1.54) is 17.6 Å². The highest BCUT2D eigenvalue weighted by molar-refractivity contribution is 7.14. The predicted molar refractivity (Wildman–Crippen MR) is 114 cm³/mol. The number of nitrogens with zero attached hydrogens (tertiary/aromatic N) is 1. The number of benzene rings is 3. The average molecular weight is 393 g/mol. The predicted octanol–water partition coefficient (Wildman–Crippen LogP) is 4.93. The molecule has 0 unspecified atom stereocenters. The lowest BCUT2D eigenvalue weighted by atomic mass is 10.0. The molecule has 0 fully saturated rings. The molecule has 0 bridgehead atoms. The van der Waals surface area contributed by atoms with Gasteiger partial charge in [-0.2, -0.15) is 4.37 Å². The molecule has 1 aromatic heterocycles. The maximum atomic E-state index is 14.3. The van der Waals surface area contributed by atoms with Crippen molar-refractivity contribution >= 4 is 33.1 Å². The third-order valence-corrected chi connectivity index (χ3v) is 5.40. The lowest BCUT2D eigenvalue weighted by Crippen LogP contribution is -2.18. The zero-order valence-electron chi connectivity index (χ0n) is 15.2. The number of aliphatic hydroxyl groups is 1. The summed E-state index contributed by atoms with van der Waals surface area (Å²) in [4.78, 5) is 0. The Bertz CT molecular complexity index is 1080. The maximum absolute atomic E-state index is 14.3. The van der Waals surface area contributed by atoms with Crippen molar-refractivity contribution in [2.45, 2.75) is 6.54 Å². The second kappa shape index (κ2) is 8.48. The van der Waals surface area contributed by atoms with Crippen molar-refractivity contribution in [3.8, 4) is 11.1 Å². The van der Waals surface area contributed by atoms with E-state index in [1.807, 2.05) is 36.4 Å². The van der Waals surface area contributed by atoms with E-state index in [0.717, 1.165) is 27.0 Å². The molecular formula is C22H20FN3OS. The Labute approximate surface area is 166 Å². The third-order valence-electron chi connectivity index (χ3n) is 4.50. The fourth-order valence-corrected chi connectivity index (χ4v) is 3.98. The second-order valence-corrected chi connectivity index (χ2v) is 7.18. The Morgan fingerprint density at radius 1 is 1.00 bits per heavy atom. The van der Waals surface area contributed by atoms with Gasteiger partial charge in [0.2, 0.25) is 0 Å². The molecule has 4 rings (SSSR count). The summed E-state index contributed by atoms with van der Waals surface area (Å²) in [6, 6.07) is 21.4. The van der Waals surface area contributed by atoms with Gasteiger partial charge in [0.25, 0.3) is 0 Å². The first-order valence-electron chi connectivity index (χ1n) is 9.07. The third kappa shape index (κ3) is 3.89. The molecule has 6 heteroatoms.